The van der Waals surface area contributed by atoms with Gasteiger partial charge in [0.15, 0.2) is 22.6 Å². The van der Waals surface area contributed by atoms with Crippen molar-refractivity contribution in [2.24, 2.45) is 0 Å². The molecule has 0 saturated heterocycles. The highest BCUT2D eigenvalue weighted by atomic mass is 32.2. The molecule has 0 N–H and O–H groups in total. The summed E-state index contributed by atoms with van der Waals surface area (Å²) in [6.07, 6.45) is -1.33. The van der Waals surface area contributed by atoms with Gasteiger partial charge < -0.3 is 0 Å². The Labute approximate surface area is 117 Å². The van der Waals surface area contributed by atoms with E-state index in [1.165, 1.54) is 36.6 Å². The minimum Gasteiger partial charge on any atom is -0.236 e. The number of rotatable bonds is 2. The Balaban J connectivity index is 2.69. The molecule has 0 aliphatic heterocycles. The molecule has 0 fully saturated rings. The van der Waals surface area contributed by atoms with Crippen molar-refractivity contribution in [3.05, 3.63) is 53.4 Å². The quantitative estimate of drug-likeness (QED) is 0.751. The van der Waals surface area contributed by atoms with Gasteiger partial charge in [-0.15, -0.1) is 11.8 Å². The van der Waals surface area contributed by atoms with Gasteiger partial charge in [0.1, 0.15) is 5.83 Å². The lowest BCUT2D eigenvalue weighted by molar-refractivity contribution is 0.275. The number of hydrogen-bond donors (Lipinski definition) is 0. The summed E-state index contributed by atoms with van der Waals surface area (Å²) in [5.74, 6) is -4.58. The molecule has 104 valence electrons. The van der Waals surface area contributed by atoms with E-state index in [0.29, 0.717) is 11.8 Å². The zero-order valence-electron chi connectivity index (χ0n) is 10.3. The molecule has 0 spiro atoms. The Morgan fingerprint density at radius 1 is 1.20 bits per heavy atom. The lowest BCUT2D eigenvalue weighted by atomic mass is 9.88. The third kappa shape index (κ3) is 1.93. The van der Waals surface area contributed by atoms with Crippen LogP contribution >= 0.6 is 11.8 Å². The molecule has 0 bridgehead atoms. The number of hydrogen-bond acceptors (Lipinski definition) is 2. The minimum absolute atomic E-state index is 0.0212. The van der Waals surface area contributed by atoms with Gasteiger partial charge in [-0.25, -0.2) is 17.6 Å². The molecule has 1 aromatic carbocycles. The summed E-state index contributed by atoms with van der Waals surface area (Å²) in [5, 5.41) is 8.93. The Kier molecular flexibility index (Phi) is 3.91. The van der Waals surface area contributed by atoms with E-state index in [1.807, 2.05) is 0 Å². The summed E-state index contributed by atoms with van der Waals surface area (Å²) in [7, 11) is 0. The van der Waals surface area contributed by atoms with Crippen LogP contribution in [0.1, 0.15) is 5.56 Å². The normalized spacial score (nSPS) is 26.7. The first kappa shape index (κ1) is 14.7. The molecular formula is C14H9F4NS. The Morgan fingerprint density at radius 3 is 2.30 bits per heavy atom. The van der Waals surface area contributed by atoms with Crippen molar-refractivity contribution in [1.82, 2.24) is 0 Å². The number of allylic oxidation sites excluding steroid dienone is 3. The van der Waals surface area contributed by atoms with E-state index in [9.17, 15) is 17.6 Å². The van der Waals surface area contributed by atoms with E-state index in [0.717, 1.165) is 0 Å². The topological polar surface area (TPSA) is 23.8 Å². The summed E-state index contributed by atoms with van der Waals surface area (Å²) in [5.41, 5.74) is -0.747. The van der Waals surface area contributed by atoms with Crippen molar-refractivity contribution < 1.29 is 17.6 Å². The van der Waals surface area contributed by atoms with Crippen LogP contribution < -0.4 is 0 Å². The van der Waals surface area contributed by atoms with Gasteiger partial charge in [-0.2, -0.15) is 5.26 Å². The molecule has 1 aromatic rings. The molecule has 1 nitrogen and oxygen atoms in total. The Bertz CT molecular complexity index is 632. The molecule has 1 aliphatic rings. The zero-order chi connectivity index (χ0) is 14.9. The maximum absolute atomic E-state index is 14.1. The van der Waals surface area contributed by atoms with Crippen molar-refractivity contribution >= 4 is 17.3 Å². The number of benzene rings is 1. The van der Waals surface area contributed by atoms with Crippen molar-refractivity contribution in [3.63, 3.8) is 0 Å². The number of alkyl halides is 1. The maximum Gasteiger partial charge on any atom is 0.194 e. The number of halogens is 4. The molecule has 2 unspecified atom stereocenters. The highest BCUT2D eigenvalue weighted by Crippen LogP contribution is 2.50. The fourth-order valence-corrected chi connectivity index (χ4v) is 2.68. The first-order valence-corrected chi connectivity index (χ1v) is 6.83. The van der Waals surface area contributed by atoms with Gasteiger partial charge >= 0.3 is 0 Å². The Morgan fingerprint density at radius 2 is 1.80 bits per heavy atom. The lowest BCUT2D eigenvalue weighted by Crippen LogP contribution is -2.39. The highest BCUT2D eigenvalue weighted by molar-refractivity contribution is 8.00. The molecule has 1 aliphatic carbocycles. The molecule has 0 aromatic heterocycles. The smallest absolute Gasteiger partial charge is 0.194 e. The van der Waals surface area contributed by atoms with E-state index < -0.39 is 34.0 Å². The van der Waals surface area contributed by atoms with E-state index in [-0.39, 0.29) is 5.56 Å². The van der Waals surface area contributed by atoms with Gasteiger partial charge in [0.2, 0.25) is 0 Å². The minimum atomic E-state index is -2.56. The second-order valence-electron chi connectivity index (χ2n) is 4.13. The Hall–Kier alpha value is -1.74. The van der Waals surface area contributed by atoms with Crippen LogP contribution in [0.15, 0.2) is 47.8 Å². The summed E-state index contributed by atoms with van der Waals surface area (Å²) in [6.45, 7) is 0. The molecule has 0 amide bonds. The first-order chi connectivity index (χ1) is 9.49. The molecule has 2 atom stereocenters. The molecular weight excluding hydrogens is 290 g/mol. The van der Waals surface area contributed by atoms with Gasteiger partial charge in [0.25, 0.3) is 0 Å². The molecule has 0 heterocycles. The van der Waals surface area contributed by atoms with Crippen LogP contribution in [-0.2, 0) is 0 Å². The number of thioether (sulfide) groups is 1. The van der Waals surface area contributed by atoms with E-state index in [1.54, 1.807) is 6.07 Å². The van der Waals surface area contributed by atoms with Crippen molar-refractivity contribution in [3.8, 4) is 6.07 Å². The van der Waals surface area contributed by atoms with E-state index >= 15 is 0 Å². The molecule has 0 radical (unpaired) electrons. The van der Waals surface area contributed by atoms with Crippen molar-refractivity contribution in [2.75, 3.05) is 6.26 Å². The van der Waals surface area contributed by atoms with Crippen LogP contribution in [0.25, 0.3) is 5.57 Å². The third-order valence-electron chi connectivity index (χ3n) is 3.11. The average molecular weight is 299 g/mol. The SMILES string of the molecule is CSC1(C#N)C(F)=C(F)C(c2ccccc2)=C(F)C1F. The van der Waals surface area contributed by atoms with Gasteiger partial charge in [-0.1, -0.05) is 30.3 Å². The molecule has 20 heavy (non-hydrogen) atoms. The summed E-state index contributed by atoms with van der Waals surface area (Å²) in [4.78, 5) is 0. The van der Waals surface area contributed by atoms with E-state index in [4.69, 9.17) is 5.26 Å². The molecule has 0 saturated carbocycles. The summed E-state index contributed by atoms with van der Waals surface area (Å²) in [6, 6.07) is 8.62. The van der Waals surface area contributed by atoms with Crippen LogP contribution in [0.5, 0.6) is 0 Å². The zero-order valence-corrected chi connectivity index (χ0v) is 11.1. The third-order valence-corrected chi connectivity index (χ3v) is 4.23. The second-order valence-corrected chi connectivity index (χ2v) is 5.18. The molecule has 6 heteroatoms. The lowest BCUT2D eigenvalue weighted by Gasteiger charge is -2.30. The van der Waals surface area contributed by atoms with Gasteiger partial charge in [0, 0.05) is 0 Å². The fourth-order valence-electron chi connectivity index (χ4n) is 2.01. The average Bonchev–Trinajstić information content (AvgIpc) is 2.48. The fraction of sp³-hybridized carbons (Fsp3) is 0.214. The van der Waals surface area contributed by atoms with Crippen molar-refractivity contribution in [2.45, 2.75) is 10.9 Å². The summed E-state index contributed by atoms with van der Waals surface area (Å²) >= 11 is 0.431. The van der Waals surface area contributed by atoms with Crippen LogP contribution in [0.3, 0.4) is 0 Å². The molecule has 2 rings (SSSR count). The largest absolute Gasteiger partial charge is 0.236 e. The van der Waals surface area contributed by atoms with Crippen LogP contribution in [0, 0.1) is 11.3 Å². The predicted molar refractivity (Wildman–Crippen MR) is 70.5 cm³/mol. The number of nitrogens with zero attached hydrogens (tertiary/aromatic N) is 1. The van der Waals surface area contributed by atoms with Crippen molar-refractivity contribution in [1.29, 1.82) is 5.26 Å². The monoisotopic (exact) mass is 299 g/mol. The van der Waals surface area contributed by atoms with Crippen LogP contribution in [0.4, 0.5) is 17.6 Å². The van der Waals surface area contributed by atoms with Crippen LogP contribution in [-0.4, -0.2) is 17.2 Å². The summed E-state index contributed by atoms with van der Waals surface area (Å²) < 4.78 is 53.9. The van der Waals surface area contributed by atoms with Gasteiger partial charge in [-0.3, -0.25) is 0 Å². The first-order valence-electron chi connectivity index (χ1n) is 5.61. The van der Waals surface area contributed by atoms with Crippen LogP contribution in [0.2, 0.25) is 0 Å². The predicted octanol–water partition coefficient (Wildman–Crippen LogP) is 4.49. The second kappa shape index (κ2) is 5.33. The number of nitriles is 1. The van der Waals surface area contributed by atoms with E-state index in [2.05, 4.69) is 0 Å². The van der Waals surface area contributed by atoms with Gasteiger partial charge in [-0.05, 0) is 11.8 Å². The highest BCUT2D eigenvalue weighted by Gasteiger charge is 2.53. The maximum atomic E-state index is 14.1. The standard InChI is InChI=1S/C14H9F4NS/c1-20-14(7-19)12(17)10(15)9(11(16)13(14)18)8-5-3-2-4-6-8/h2-6,12H,1H3. The van der Waals surface area contributed by atoms with Gasteiger partial charge in [0.05, 0.1) is 11.6 Å².